The van der Waals surface area contributed by atoms with Crippen molar-refractivity contribution in [3.8, 4) is 6.07 Å². The van der Waals surface area contributed by atoms with Crippen molar-refractivity contribution < 1.29 is 4.42 Å². The molecule has 0 saturated heterocycles. The second kappa shape index (κ2) is 3.04. The predicted molar refractivity (Wildman–Crippen MR) is 35.9 cm³/mol. The van der Waals surface area contributed by atoms with Gasteiger partial charge in [-0.15, -0.1) is 0 Å². The summed E-state index contributed by atoms with van der Waals surface area (Å²) in [6.07, 6.45) is 3.44. The summed E-state index contributed by atoms with van der Waals surface area (Å²) < 4.78 is 4.79. The normalized spacial score (nSPS) is 12.4. The summed E-state index contributed by atoms with van der Waals surface area (Å²) in [5.41, 5.74) is 6.44. The van der Waals surface area contributed by atoms with Crippen molar-refractivity contribution in [3.63, 3.8) is 0 Å². The lowest BCUT2D eigenvalue weighted by Crippen LogP contribution is -2.07. The molecule has 0 bridgehead atoms. The molecule has 1 atom stereocenters. The Balaban J connectivity index is 2.61. The molecule has 1 aromatic heterocycles. The second-order valence-corrected chi connectivity index (χ2v) is 2.03. The SMILES string of the molecule is N#CCC(N)c1ccoc1. The van der Waals surface area contributed by atoms with E-state index in [1.807, 2.05) is 6.07 Å². The molecular weight excluding hydrogens is 128 g/mol. The average molecular weight is 136 g/mol. The smallest absolute Gasteiger partial charge is 0.0950 e. The Morgan fingerprint density at radius 3 is 3.10 bits per heavy atom. The van der Waals surface area contributed by atoms with Crippen LogP contribution in [-0.4, -0.2) is 0 Å². The van der Waals surface area contributed by atoms with Gasteiger partial charge in [-0.05, 0) is 6.07 Å². The van der Waals surface area contributed by atoms with Gasteiger partial charge in [0.1, 0.15) is 0 Å². The molecule has 3 nitrogen and oxygen atoms in total. The highest BCUT2D eigenvalue weighted by atomic mass is 16.3. The molecule has 10 heavy (non-hydrogen) atoms. The molecule has 0 aliphatic rings. The van der Waals surface area contributed by atoms with E-state index in [9.17, 15) is 0 Å². The maximum atomic E-state index is 8.27. The Morgan fingerprint density at radius 2 is 2.60 bits per heavy atom. The maximum Gasteiger partial charge on any atom is 0.0950 e. The average Bonchev–Trinajstić information content (AvgIpc) is 2.38. The van der Waals surface area contributed by atoms with Crippen LogP contribution in [0.5, 0.6) is 0 Å². The van der Waals surface area contributed by atoms with E-state index in [1.165, 1.54) is 0 Å². The summed E-state index contributed by atoms with van der Waals surface area (Å²) in [6, 6.07) is 3.55. The van der Waals surface area contributed by atoms with Crippen LogP contribution in [0.25, 0.3) is 0 Å². The molecule has 0 aliphatic heterocycles. The third-order valence-corrected chi connectivity index (χ3v) is 1.28. The Morgan fingerprint density at radius 1 is 1.80 bits per heavy atom. The van der Waals surface area contributed by atoms with Crippen molar-refractivity contribution in [1.29, 1.82) is 5.26 Å². The fourth-order valence-electron chi connectivity index (χ4n) is 0.702. The molecule has 1 aromatic rings. The first-order valence-corrected chi connectivity index (χ1v) is 2.99. The minimum atomic E-state index is -0.205. The van der Waals surface area contributed by atoms with E-state index in [-0.39, 0.29) is 6.04 Å². The molecule has 0 fully saturated rings. The monoisotopic (exact) mass is 136 g/mol. The van der Waals surface area contributed by atoms with Crippen LogP contribution in [0.3, 0.4) is 0 Å². The van der Waals surface area contributed by atoms with Crippen LogP contribution in [0.1, 0.15) is 18.0 Å². The summed E-state index contributed by atoms with van der Waals surface area (Å²) >= 11 is 0. The Bertz CT molecular complexity index is 222. The third kappa shape index (κ3) is 1.36. The Labute approximate surface area is 59.1 Å². The van der Waals surface area contributed by atoms with E-state index in [0.29, 0.717) is 6.42 Å². The van der Waals surface area contributed by atoms with Crippen LogP contribution in [0, 0.1) is 11.3 Å². The van der Waals surface area contributed by atoms with Crippen LogP contribution in [-0.2, 0) is 0 Å². The number of nitrogens with two attached hydrogens (primary N) is 1. The molecule has 1 unspecified atom stereocenters. The van der Waals surface area contributed by atoms with Crippen molar-refractivity contribution in [1.82, 2.24) is 0 Å². The van der Waals surface area contributed by atoms with Crippen LogP contribution >= 0.6 is 0 Å². The van der Waals surface area contributed by atoms with Gasteiger partial charge in [0.15, 0.2) is 0 Å². The molecule has 2 N–H and O–H groups in total. The highest BCUT2D eigenvalue weighted by Gasteiger charge is 2.04. The minimum absolute atomic E-state index is 0.205. The van der Waals surface area contributed by atoms with E-state index >= 15 is 0 Å². The van der Waals surface area contributed by atoms with Crippen LogP contribution in [0.2, 0.25) is 0 Å². The number of furan rings is 1. The molecule has 0 radical (unpaired) electrons. The predicted octanol–water partition coefficient (Wildman–Crippen LogP) is 1.19. The van der Waals surface area contributed by atoms with Gasteiger partial charge in [-0.1, -0.05) is 0 Å². The quantitative estimate of drug-likeness (QED) is 0.664. The van der Waals surface area contributed by atoms with E-state index in [4.69, 9.17) is 15.4 Å². The molecule has 0 saturated carbocycles. The number of rotatable bonds is 2. The van der Waals surface area contributed by atoms with Crippen molar-refractivity contribution in [3.05, 3.63) is 24.2 Å². The van der Waals surface area contributed by atoms with Gasteiger partial charge in [-0.25, -0.2) is 0 Å². The molecule has 52 valence electrons. The largest absolute Gasteiger partial charge is 0.472 e. The Kier molecular flexibility index (Phi) is 2.08. The highest BCUT2D eigenvalue weighted by Crippen LogP contribution is 2.12. The van der Waals surface area contributed by atoms with Crippen molar-refractivity contribution in [2.24, 2.45) is 5.73 Å². The summed E-state index contributed by atoms with van der Waals surface area (Å²) in [7, 11) is 0. The first kappa shape index (κ1) is 6.84. The van der Waals surface area contributed by atoms with Gasteiger partial charge in [0.25, 0.3) is 0 Å². The summed E-state index contributed by atoms with van der Waals surface area (Å²) in [5, 5.41) is 8.27. The molecule has 0 amide bonds. The van der Waals surface area contributed by atoms with Crippen molar-refractivity contribution in [2.75, 3.05) is 0 Å². The highest BCUT2D eigenvalue weighted by molar-refractivity contribution is 5.12. The molecule has 1 heterocycles. The van der Waals surface area contributed by atoms with Crippen LogP contribution < -0.4 is 5.73 Å². The topological polar surface area (TPSA) is 63.0 Å². The number of nitriles is 1. The third-order valence-electron chi connectivity index (χ3n) is 1.28. The van der Waals surface area contributed by atoms with E-state index in [1.54, 1.807) is 18.6 Å². The molecule has 3 heteroatoms. The second-order valence-electron chi connectivity index (χ2n) is 2.03. The van der Waals surface area contributed by atoms with Gasteiger partial charge in [0.05, 0.1) is 25.0 Å². The van der Waals surface area contributed by atoms with Gasteiger partial charge < -0.3 is 10.2 Å². The lowest BCUT2D eigenvalue weighted by atomic mass is 10.1. The first-order valence-electron chi connectivity index (χ1n) is 2.99. The first-order chi connectivity index (χ1) is 4.84. The standard InChI is InChI=1S/C7H8N2O/c8-3-1-7(9)6-2-4-10-5-6/h2,4-5,7H,1,9H2. The van der Waals surface area contributed by atoms with E-state index in [2.05, 4.69) is 0 Å². The lowest BCUT2D eigenvalue weighted by Gasteiger charge is -2.00. The van der Waals surface area contributed by atoms with E-state index in [0.717, 1.165) is 5.56 Å². The van der Waals surface area contributed by atoms with E-state index < -0.39 is 0 Å². The number of hydrogen-bond acceptors (Lipinski definition) is 3. The van der Waals surface area contributed by atoms with Gasteiger partial charge in [0, 0.05) is 11.6 Å². The Hall–Kier alpha value is -1.27. The van der Waals surface area contributed by atoms with Crippen molar-refractivity contribution in [2.45, 2.75) is 12.5 Å². The molecule has 0 aromatic carbocycles. The molecule has 1 rings (SSSR count). The molecular formula is C7H8N2O. The van der Waals surface area contributed by atoms with Crippen LogP contribution in [0.15, 0.2) is 23.0 Å². The summed E-state index contributed by atoms with van der Waals surface area (Å²) in [5.74, 6) is 0. The maximum absolute atomic E-state index is 8.27. The van der Waals surface area contributed by atoms with Gasteiger partial charge in [0.2, 0.25) is 0 Å². The zero-order valence-corrected chi connectivity index (χ0v) is 5.45. The zero-order valence-electron chi connectivity index (χ0n) is 5.45. The minimum Gasteiger partial charge on any atom is -0.472 e. The summed E-state index contributed by atoms with van der Waals surface area (Å²) in [6.45, 7) is 0. The lowest BCUT2D eigenvalue weighted by molar-refractivity contribution is 0.559. The van der Waals surface area contributed by atoms with Gasteiger partial charge in [-0.3, -0.25) is 0 Å². The fourth-order valence-corrected chi connectivity index (χ4v) is 0.702. The van der Waals surface area contributed by atoms with Crippen LogP contribution in [0.4, 0.5) is 0 Å². The molecule has 0 aliphatic carbocycles. The van der Waals surface area contributed by atoms with Crippen molar-refractivity contribution >= 4 is 0 Å². The number of nitrogens with zero attached hydrogens (tertiary/aromatic N) is 1. The molecule has 0 spiro atoms. The fraction of sp³-hybridized carbons (Fsp3) is 0.286. The summed E-state index contributed by atoms with van der Waals surface area (Å²) in [4.78, 5) is 0. The zero-order chi connectivity index (χ0) is 7.40. The van der Waals surface area contributed by atoms with Gasteiger partial charge >= 0.3 is 0 Å². The number of hydrogen-bond donors (Lipinski definition) is 1. The van der Waals surface area contributed by atoms with Gasteiger partial charge in [-0.2, -0.15) is 5.26 Å².